The Balaban J connectivity index is 2.15. The summed E-state index contributed by atoms with van der Waals surface area (Å²) in [5, 5.41) is 10.6. The number of rotatable bonds is 4. The predicted octanol–water partition coefficient (Wildman–Crippen LogP) is 3.21. The van der Waals surface area contributed by atoms with Gasteiger partial charge in [-0.1, -0.05) is 49.0 Å². The molecule has 0 spiro atoms. The number of hydrogen-bond donors (Lipinski definition) is 2. The van der Waals surface area contributed by atoms with Crippen molar-refractivity contribution in [2.24, 2.45) is 5.92 Å². The van der Waals surface area contributed by atoms with E-state index in [0.29, 0.717) is 18.8 Å². The lowest BCUT2D eigenvalue weighted by Gasteiger charge is -2.35. The van der Waals surface area contributed by atoms with E-state index in [1.54, 1.807) is 6.07 Å². The highest BCUT2D eigenvalue weighted by Gasteiger charge is 2.34. The third kappa shape index (κ3) is 4.11. The van der Waals surface area contributed by atoms with Gasteiger partial charge in [-0.15, -0.1) is 0 Å². The molecule has 0 saturated heterocycles. The number of halogens is 2. The first-order valence-electron chi connectivity index (χ1n) is 6.90. The second kappa shape index (κ2) is 6.42. The van der Waals surface area contributed by atoms with Gasteiger partial charge in [-0.25, -0.2) is 13.1 Å². The molecule has 2 unspecified atom stereocenters. The van der Waals surface area contributed by atoms with Gasteiger partial charge in [0.05, 0.1) is 15.6 Å². The van der Waals surface area contributed by atoms with Crippen LogP contribution in [0.15, 0.2) is 23.1 Å². The van der Waals surface area contributed by atoms with E-state index in [0.717, 1.165) is 12.8 Å². The number of aliphatic hydroxyl groups is 1. The molecule has 21 heavy (non-hydrogen) atoms. The number of nitrogens with one attached hydrogen (secondary N) is 1. The molecule has 0 aliphatic heterocycles. The molecule has 2 atom stereocenters. The van der Waals surface area contributed by atoms with E-state index < -0.39 is 15.6 Å². The molecule has 1 aliphatic carbocycles. The molecule has 0 heterocycles. The topological polar surface area (TPSA) is 66.4 Å². The highest BCUT2D eigenvalue weighted by Crippen LogP contribution is 2.33. The molecule has 1 aliphatic rings. The molecule has 0 aromatic heterocycles. The maximum absolute atomic E-state index is 12.3. The fraction of sp³-hybridized carbons (Fsp3) is 0.571. The second-order valence-electron chi connectivity index (χ2n) is 5.80. The van der Waals surface area contributed by atoms with Gasteiger partial charge >= 0.3 is 0 Å². The minimum absolute atomic E-state index is 0.0266. The van der Waals surface area contributed by atoms with Crippen molar-refractivity contribution in [2.45, 2.75) is 43.1 Å². The van der Waals surface area contributed by atoms with Gasteiger partial charge in [0, 0.05) is 6.54 Å². The van der Waals surface area contributed by atoms with Gasteiger partial charge in [0.25, 0.3) is 0 Å². The largest absolute Gasteiger partial charge is 0.389 e. The van der Waals surface area contributed by atoms with Crippen molar-refractivity contribution in [3.63, 3.8) is 0 Å². The molecule has 1 aromatic carbocycles. The van der Waals surface area contributed by atoms with Gasteiger partial charge in [-0.05, 0) is 30.9 Å². The summed E-state index contributed by atoms with van der Waals surface area (Å²) in [5.74, 6) is 0.386. The van der Waals surface area contributed by atoms with Gasteiger partial charge in [0.1, 0.15) is 4.90 Å². The molecule has 1 saturated carbocycles. The second-order valence-corrected chi connectivity index (χ2v) is 8.32. The molecule has 7 heteroatoms. The van der Waals surface area contributed by atoms with Gasteiger partial charge in [-0.3, -0.25) is 0 Å². The van der Waals surface area contributed by atoms with Crippen LogP contribution in [0.2, 0.25) is 10.0 Å². The lowest BCUT2D eigenvalue weighted by Crippen LogP contribution is -2.45. The Hall–Kier alpha value is -0.330. The van der Waals surface area contributed by atoms with Crippen LogP contribution in [-0.2, 0) is 10.0 Å². The lowest BCUT2D eigenvalue weighted by atomic mass is 9.79. The summed E-state index contributed by atoms with van der Waals surface area (Å²) in [5.41, 5.74) is -1.00. The molecule has 0 radical (unpaired) electrons. The maximum Gasteiger partial charge on any atom is 0.243 e. The molecule has 0 bridgehead atoms. The Morgan fingerprint density at radius 2 is 2.00 bits per heavy atom. The Labute approximate surface area is 135 Å². The molecule has 1 fully saturated rings. The zero-order valence-corrected chi connectivity index (χ0v) is 14.1. The first-order valence-corrected chi connectivity index (χ1v) is 9.13. The van der Waals surface area contributed by atoms with Crippen LogP contribution in [0.5, 0.6) is 0 Å². The minimum Gasteiger partial charge on any atom is -0.389 e. The van der Waals surface area contributed by atoms with Crippen LogP contribution in [-0.4, -0.2) is 25.7 Å². The summed E-state index contributed by atoms with van der Waals surface area (Å²) in [6, 6.07) is 4.53. The predicted molar refractivity (Wildman–Crippen MR) is 84.2 cm³/mol. The fourth-order valence-corrected chi connectivity index (χ4v) is 5.09. The van der Waals surface area contributed by atoms with Crippen LogP contribution in [0.3, 0.4) is 0 Å². The van der Waals surface area contributed by atoms with Crippen LogP contribution < -0.4 is 4.72 Å². The number of hydrogen-bond acceptors (Lipinski definition) is 3. The van der Waals surface area contributed by atoms with Crippen molar-refractivity contribution in [2.75, 3.05) is 6.54 Å². The SMILES string of the molecule is CC1CCCC(O)(CNS(=O)(=O)c2c(Cl)cccc2Cl)C1. The van der Waals surface area contributed by atoms with Crippen LogP contribution in [0.25, 0.3) is 0 Å². The van der Waals surface area contributed by atoms with Crippen molar-refractivity contribution in [1.29, 1.82) is 0 Å². The summed E-state index contributed by atoms with van der Waals surface area (Å²) in [6.45, 7) is 2.03. The van der Waals surface area contributed by atoms with Crippen LogP contribution in [0, 0.1) is 5.92 Å². The van der Waals surface area contributed by atoms with Crippen molar-refractivity contribution in [1.82, 2.24) is 4.72 Å². The zero-order chi connectivity index (χ0) is 15.7. The molecule has 2 rings (SSSR count). The first-order chi connectivity index (χ1) is 9.73. The molecular weight excluding hydrogens is 333 g/mol. The summed E-state index contributed by atoms with van der Waals surface area (Å²) >= 11 is 11.9. The molecule has 0 amide bonds. The standard InChI is InChI=1S/C14H19Cl2NO3S/c1-10-4-3-7-14(18,8-10)9-17-21(19,20)13-11(15)5-2-6-12(13)16/h2,5-6,10,17-18H,3-4,7-9H2,1H3. The van der Waals surface area contributed by atoms with Gasteiger partial charge in [0.2, 0.25) is 10.0 Å². The molecule has 2 N–H and O–H groups in total. The molecule has 1 aromatic rings. The third-order valence-corrected chi connectivity index (χ3v) is 6.20. The Morgan fingerprint density at radius 1 is 1.38 bits per heavy atom. The lowest BCUT2D eigenvalue weighted by molar-refractivity contribution is -0.00751. The highest BCUT2D eigenvalue weighted by molar-refractivity contribution is 7.89. The van der Waals surface area contributed by atoms with Crippen LogP contribution >= 0.6 is 23.2 Å². The van der Waals surface area contributed by atoms with E-state index in [-0.39, 0.29) is 21.5 Å². The monoisotopic (exact) mass is 351 g/mol. The molecule has 4 nitrogen and oxygen atoms in total. The van der Waals surface area contributed by atoms with E-state index in [9.17, 15) is 13.5 Å². The quantitative estimate of drug-likeness (QED) is 0.874. The van der Waals surface area contributed by atoms with E-state index in [1.165, 1.54) is 12.1 Å². The molecular formula is C14H19Cl2NO3S. The van der Waals surface area contributed by atoms with Crippen molar-refractivity contribution >= 4 is 33.2 Å². The molecule has 118 valence electrons. The van der Waals surface area contributed by atoms with Crippen molar-refractivity contribution in [3.05, 3.63) is 28.2 Å². The first kappa shape index (κ1) is 17.0. The minimum atomic E-state index is -3.85. The van der Waals surface area contributed by atoms with Gasteiger partial charge < -0.3 is 5.11 Å². The van der Waals surface area contributed by atoms with Crippen LogP contribution in [0.4, 0.5) is 0 Å². The highest BCUT2D eigenvalue weighted by atomic mass is 35.5. The average molecular weight is 352 g/mol. The normalized spacial score (nSPS) is 26.8. The van der Waals surface area contributed by atoms with E-state index >= 15 is 0 Å². The van der Waals surface area contributed by atoms with Crippen molar-refractivity contribution in [3.8, 4) is 0 Å². The number of benzene rings is 1. The Morgan fingerprint density at radius 3 is 2.57 bits per heavy atom. The van der Waals surface area contributed by atoms with Crippen molar-refractivity contribution < 1.29 is 13.5 Å². The Bertz CT molecular complexity index is 600. The van der Waals surface area contributed by atoms with E-state index in [1.807, 2.05) is 0 Å². The van der Waals surface area contributed by atoms with Gasteiger partial charge in [0.15, 0.2) is 0 Å². The fourth-order valence-electron chi connectivity index (χ4n) is 2.83. The third-order valence-electron chi connectivity index (χ3n) is 3.85. The van der Waals surface area contributed by atoms with E-state index in [2.05, 4.69) is 11.6 Å². The maximum atomic E-state index is 12.3. The summed E-state index contributed by atoms with van der Waals surface area (Å²) in [6.07, 6.45) is 3.14. The van der Waals surface area contributed by atoms with E-state index in [4.69, 9.17) is 23.2 Å². The van der Waals surface area contributed by atoms with Gasteiger partial charge in [-0.2, -0.15) is 0 Å². The van der Waals surface area contributed by atoms with Crippen LogP contribution in [0.1, 0.15) is 32.6 Å². The summed E-state index contributed by atoms with van der Waals surface area (Å²) in [7, 11) is -3.85. The smallest absolute Gasteiger partial charge is 0.243 e. The Kier molecular flexibility index (Phi) is 5.21. The number of sulfonamides is 1. The summed E-state index contributed by atoms with van der Waals surface area (Å²) < 4.78 is 27.1. The average Bonchev–Trinajstić information content (AvgIpc) is 2.36. The summed E-state index contributed by atoms with van der Waals surface area (Å²) in [4.78, 5) is -0.138. The zero-order valence-electron chi connectivity index (χ0n) is 11.8.